The van der Waals surface area contributed by atoms with Crippen molar-refractivity contribution in [1.82, 2.24) is 0 Å². The van der Waals surface area contributed by atoms with Crippen molar-refractivity contribution >= 4 is 17.7 Å². The summed E-state index contributed by atoms with van der Waals surface area (Å²) < 4.78 is 63.1. The molecule has 12 heteroatoms. The number of alkyl halides is 6. The first-order chi connectivity index (χ1) is 7.62. The van der Waals surface area contributed by atoms with E-state index in [1.54, 1.807) is 0 Å². The van der Waals surface area contributed by atoms with Crippen LogP contribution in [0.3, 0.4) is 0 Å². The minimum atomic E-state index is -5.19. The summed E-state index contributed by atoms with van der Waals surface area (Å²) in [4.78, 5) is 27.0. The van der Waals surface area contributed by atoms with Gasteiger partial charge in [-0.3, -0.25) is 0 Å². The predicted molar refractivity (Wildman–Crippen MR) is 38.5 cm³/mol. The van der Waals surface area contributed by atoms with E-state index in [2.05, 4.69) is 0 Å². The molecule has 0 spiro atoms. The Bertz CT molecular complexity index is 269. The van der Waals surface area contributed by atoms with Gasteiger partial charge < -0.3 is 24.6 Å². The monoisotopic (exact) mass is 342 g/mol. The number of rotatable bonds is 0. The minimum Gasteiger partial charge on any atom is -0.542 e. The van der Waals surface area contributed by atoms with E-state index in [0.717, 1.165) is 0 Å². The van der Waals surface area contributed by atoms with Crippen LogP contribution < -0.4 is 10.2 Å². The zero-order chi connectivity index (χ0) is 15.7. The third-order valence-corrected chi connectivity index (χ3v) is 0.463. The third kappa shape index (κ3) is 31.5. The number of halogens is 6. The van der Waals surface area contributed by atoms with Gasteiger partial charge in [-0.1, -0.05) is 0 Å². The van der Waals surface area contributed by atoms with Gasteiger partial charge >= 0.3 is 28.8 Å². The fourth-order valence-electron chi connectivity index (χ4n) is 0. The molecule has 116 valence electrons. The second-order valence-corrected chi connectivity index (χ2v) is 2.48. The first-order valence-corrected chi connectivity index (χ1v) is 3.65. The van der Waals surface area contributed by atoms with E-state index >= 15 is 0 Å². The number of carbonyl (C=O) groups excluding carboxylic acids is 3. The number of carboxylic acids is 2. The molecule has 0 radical (unpaired) electrons. The van der Waals surface area contributed by atoms with Gasteiger partial charge in [-0.25, -0.2) is 0 Å². The Kier molecular flexibility index (Phi) is 14.7. The van der Waals surface area contributed by atoms with Gasteiger partial charge in [0.05, 0.1) is 0 Å². The molecule has 0 saturated carbocycles. The molecule has 0 amide bonds. The van der Waals surface area contributed by atoms with Crippen LogP contribution in [0.1, 0.15) is 13.8 Å². The summed E-state index contributed by atoms with van der Waals surface area (Å²) in [5.41, 5.74) is 0. The Labute approximate surface area is 112 Å². The Balaban J connectivity index is -0.0000000900. The molecule has 5 nitrogen and oxygen atoms in total. The molecule has 0 heterocycles. The quantitative estimate of drug-likeness (QED) is 0.423. The van der Waals surface area contributed by atoms with Gasteiger partial charge in [0.25, 0.3) is 0 Å². The Hall–Kier alpha value is -1.32. The molecule has 0 N–H and O–H groups in total. The first kappa shape index (κ1) is 26.3. The molecule has 0 saturated heterocycles. The van der Waals surface area contributed by atoms with Gasteiger partial charge in [-0.05, 0) is 13.8 Å². The summed E-state index contributed by atoms with van der Waals surface area (Å²) >= 11 is 0. The average molecular weight is 343 g/mol. The maximum atomic E-state index is 10.5. The Morgan fingerprint density at radius 2 is 0.789 bits per heavy atom. The second-order valence-electron chi connectivity index (χ2n) is 2.48. The molecule has 0 aromatic heterocycles. The van der Waals surface area contributed by atoms with Crippen molar-refractivity contribution in [2.45, 2.75) is 26.2 Å². The summed E-state index contributed by atoms with van der Waals surface area (Å²) in [7, 11) is 0. The van der Waals surface area contributed by atoms with E-state index in [0.29, 0.717) is 0 Å². The number of hydrogen-bond acceptors (Lipinski definition) is 5. The molecule has 19 heavy (non-hydrogen) atoms. The van der Waals surface area contributed by atoms with Gasteiger partial charge in [-0.2, -0.15) is 26.3 Å². The van der Waals surface area contributed by atoms with E-state index < -0.39 is 24.3 Å². The van der Waals surface area contributed by atoms with Gasteiger partial charge in [0.2, 0.25) is 0 Å². The van der Waals surface area contributed by atoms with E-state index in [-0.39, 0.29) is 22.3 Å². The summed E-state index contributed by atoms with van der Waals surface area (Å²) in [6, 6.07) is 0. The molecule has 0 aliphatic rings. The zero-order valence-corrected chi connectivity index (χ0v) is 10.1. The average Bonchev–Trinajstić information content (AvgIpc) is 1.99. The van der Waals surface area contributed by atoms with Crippen LogP contribution in [0.2, 0.25) is 0 Å². The van der Waals surface area contributed by atoms with Crippen LogP contribution in [0.4, 0.5) is 26.3 Å². The molecular formula is C7H6F6NiO5. The molecule has 0 aromatic rings. The van der Waals surface area contributed by atoms with Crippen molar-refractivity contribution in [2.24, 2.45) is 0 Å². The van der Waals surface area contributed by atoms with E-state index in [9.17, 15) is 31.1 Å². The molecule has 0 aliphatic heterocycles. The molecule has 0 aliphatic carbocycles. The number of carbonyl (C=O) groups is 3. The molecule has 0 aromatic carbocycles. The summed E-state index contributed by atoms with van der Waals surface area (Å²) in [5.74, 6) is -5.85. The number of ketones is 1. The van der Waals surface area contributed by atoms with E-state index in [1.165, 1.54) is 13.8 Å². The van der Waals surface area contributed by atoms with Gasteiger partial charge in [0, 0.05) is 0 Å². The van der Waals surface area contributed by atoms with Crippen LogP contribution in [0.25, 0.3) is 0 Å². The first-order valence-electron chi connectivity index (χ1n) is 3.65. The van der Waals surface area contributed by atoms with Crippen molar-refractivity contribution in [3.8, 4) is 0 Å². The van der Waals surface area contributed by atoms with Gasteiger partial charge in [-0.15, -0.1) is 0 Å². The van der Waals surface area contributed by atoms with Crippen molar-refractivity contribution < 1.29 is 67.4 Å². The van der Waals surface area contributed by atoms with Crippen molar-refractivity contribution in [3.05, 3.63) is 0 Å². The molecular weight excluding hydrogens is 337 g/mol. The predicted octanol–water partition coefficient (Wildman–Crippen LogP) is -0.810. The van der Waals surface area contributed by atoms with Crippen LogP contribution in [0.15, 0.2) is 0 Å². The topological polar surface area (TPSA) is 97.3 Å². The zero-order valence-electron chi connectivity index (χ0n) is 9.13. The SMILES string of the molecule is CC(C)=O.O=C([O-])C(F)(F)F.O=C([O-])C(F)(F)F.[Ni+2]. The van der Waals surface area contributed by atoms with E-state index in [1.807, 2.05) is 0 Å². The number of aliphatic carboxylic acids is 2. The molecule has 0 rings (SSSR count). The van der Waals surface area contributed by atoms with Crippen LogP contribution in [-0.2, 0) is 30.9 Å². The number of carboxylic acid groups (broad SMARTS) is 2. The summed E-state index contributed by atoms with van der Waals surface area (Å²) in [6.45, 7) is 3.06. The van der Waals surface area contributed by atoms with Gasteiger partial charge in [0.15, 0.2) is 0 Å². The van der Waals surface area contributed by atoms with Crippen LogP contribution in [-0.4, -0.2) is 30.1 Å². The largest absolute Gasteiger partial charge is 2.00 e. The molecule has 0 fully saturated rings. The van der Waals surface area contributed by atoms with Crippen molar-refractivity contribution in [1.29, 1.82) is 0 Å². The smallest absolute Gasteiger partial charge is 0.542 e. The maximum Gasteiger partial charge on any atom is 2.00 e. The standard InChI is InChI=1S/C3H6O.2C2HF3O2.Ni/c1-3(2)4;2*3-2(4,5)1(6)7;/h1-2H3;2*(H,6,7);/q;;;+2/p-2. The summed E-state index contributed by atoms with van der Waals surface area (Å²) in [5, 5.41) is 17.6. The van der Waals surface area contributed by atoms with Crippen LogP contribution in [0.5, 0.6) is 0 Å². The third-order valence-electron chi connectivity index (χ3n) is 0.463. The normalized spacial score (nSPS) is 9.68. The van der Waals surface area contributed by atoms with Crippen LogP contribution >= 0.6 is 0 Å². The Morgan fingerprint density at radius 3 is 0.789 bits per heavy atom. The van der Waals surface area contributed by atoms with Crippen molar-refractivity contribution in [2.75, 3.05) is 0 Å². The maximum absolute atomic E-state index is 10.5. The van der Waals surface area contributed by atoms with Crippen LogP contribution in [0, 0.1) is 0 Å². The molecule has 0 bridgehead atoms. The number of Topliss-reactive ketones (excluding diaryl/α,β-unsaturated/α-hetero) is 1. The fraction of sp³-hybridized carbons (Fsp3) is 0.571. The fourth-order valence-corrected chi connectivity index (χ4v) is 0. The minimum absolute atomic E-state index is 0. The van der Waals surface area contributed by atoms with Crippen molar-refractivity contribution in [3.63, 3.8) is 0 Å². The molecule has 0 atom stereocenters. The van der Waals surface area contributed by atoms with E-state index in [4.69, 9.17) is 19.8 Å². The summed E-state index contributed by atoms with van der Waals surface area (Å²) in [6.07, 6.45) is -10.4. The molecule has 0 unspecified atom stereocenters. The second kappa shape index (κ2) is 10.6. The number of hydrogen-bond donors (Lipinski definition) is 0. The van der Waals surface area contributed by atoms with Gasteiger partial charge in [0.1, 0.15) is 17.7 Å². The Morgan fingerprint density at radius 1 is 0.737 bits per heavy atom.